The van der Waals surface area contributed by atoms with Gasteiger partial charge in [0.1, 0.15) is 0 Å². The molecule has 2 aliphatic rings. The van der Waals surface area contributed by atoms with Crippen LogP contribution in [0.2, 0.25) is 0 Å². The summed E-state index contributed by atoms with van der Waals surface area (Å²) in [6.07, 6.45) is 6.00. The van der Waals surface area contributed by atoms with E-state index < -0.39 is 5.54 Å². The molecule has 5 heteroatoms. The number of carbonyl (C=O) groups is 1. The molecule has 2 unspecified atom stereocenters. The van der Waals surface area contributed by atoms with E-state index in [9.17, 15) is 4.79 Å². The Morgan fingerprint density at radius 2 is 2.21 bits per heavy atom. The van der Waals surface area contributed by atoms with Crippen LogP contribution in [0.5, 0.6) is 0 Å². The molecule has 1 heterocycles. The molecule has 2 fully saturated rings. The fraction of sp³-hybridized carbons (Fsp3) is 0.929. The highest BCUT2D eigenvalue weighted by atomic mass is 16.5. The van der Waals surface area contributed by atoms with Gasteiger partial charge in [0, 0.05) is 12.6 Å². The Morgan fingerprint density at radius 1 is 1.47 bits per heavy atom. The lowest BCUT2D eigenvalue weighted by molar-refractivity contribution is -0.128. The fourth-order valence-corrected chi connectivity index (χ4v) is 2.74. The van der Waals surface area contributed by atoms with E-state index in [-0.39, 0.29) is 18.1 Å². The number of nitrogens with one attached hydrogen (secondary N) is 1. The van der Waals surface area contributed by atoms with Crippen LogP contribution in [0.15, 0.2) is 0 Å². The van der Waals surface area contributed by atoms with E-state index in [0.29, 0.717) is 13.2 Å². The van der Waals surface area contributed by atoms with Crippen molar-refractivity contribution in [2.24, 2.45) is 5.73 Å². The number of ether oxygens (including phenoxy) is 2. The Bertz CT molecular complexity index is 297. The van der Waals surface area contributed by atoms with Crippen LogP contribution < -0.4 is 11.1 Å². The predicted molar refractivity (Wildman–Crippen MR) is 72.8 cm³/mol. The van der Waals surface area contributed by atoms with Crippen molar-refractivity contribution in [1.29, 1.82) is 0 Å². The molecule has 19 heavy (non-hydrogen) atoms. The standard InChI is InChI=1S/C14H26N2O3/c1-11(9-19-12-5-8-18-10-12)16-13(17)14(15)6-3-2-4-7-14/h11-12H,2-10,15H2,1H3,(H,16,17). The number of hydrogen-bond donors (Lipinski definition) is 2. The second-order valence-electron chi connectivity index (χ2n) is 5.91. The Balaban J connectivity index is 1.71. The molecule has 0 aromatic carbocycles. The molecule has 1 aliphatic heterocycles. The van der Waals surface area contributed by atoms with Gasteiger partial charge < -0.3 is 20.5 Å². The first-order chi connectivity index (χ1) is 9.10. The number of carbonyl (C=O) groups excluding carboxylic acids is 1. The molecule has 3 N–H and O–H groups in total. The van der Waals surface area contributed by atoms with Crippen molar-refractivity contribution in [3.8, 4) is 0 Å². The molecular weight excluding hydrogens is 244 g/mol. The van der Waals surface area contributed by atoms with Crippen LogP contribution in [0.1, 0.15) is 45.4 Å². The van der Waals surface area contributed by atoms with Gasteiger partial charge in [0.05, 0.1) is 24.9 Å². The lowest BCUT2D eigenvalue weighted by Crippen LogP contribution is -2.57. The second kappa shape index (κ2) is 6.68. The molecule has 1 saturated carbocycles. The lowest BCUT2D eigenvalue weighted by Gasteiger charge is -2.33. The van der Waals surface area contributed by atoms with Crippen molar-refractivity contribution in [1.82, 2.24) is 5.32 Å². The quantitative estimate of drug-likeness (QED) is 0.780. The highest BCUT2D eigenvalue weighted by Crippen LogP contribution is 2.26. The number of rotatable bonds is 5. The minimum Gasteiger partial charge on any atom is -0.379 e. The maximum atomic E-state index is 12.2. The van der Waals surface area contributed by atoms with Gasteiger partial charge in [-0.2, -0.15) is 0 Å². The van der Waals surface area contributed by atoms with E-state index in [2.05, 4.69) is 5.32 Å². The zero-order valence-electron chi connectivity index (χ0n) is 11.8. The molecule has 1 aliphatic carbocycles. The van der Waals surface area contributed by atoms with E-state index in [1.807, 2.05) is 6.92 Å². The SMILES string of the molecule is CC(COC1CCOC1)NC(=O)C1(N)CCCCC1. The van der Waals surface area contributed by atoms with Crippen LogP contribution in [-0.4, -0.2) is 43.4 Å². The van der Waals surface area contributed by atoms with Crippen molar-refractivity contribution in [2.45, 2.75) is 63.1 Å². The van der Waals surface area contributed by atoms with E-state index in [4.69, 9.17) is 15.2 Å². The molecular formula is C14H26N2O3. The highest BCUT2D eigenvalue weighted by molar-refractivity contribution is 5.86. The topological polar surface area (TPSA) is 73.6 Å². The molecule has 0 spiro atoms. The summed E-state index contributed by atoms with van der Waals surface area (Å²) in [5.74, 6) is -0.0222. The average Bonchev–Trinajstić information content (AvgIpc) is 2.90. The molecule has 0 aromatic heterocycles. The van der Waals surface area contributed by atoms with Crippen LogP contribution in [0.3, 0.4) is 0 Å². The summed E-state index contributed by atoms with van der Waals surface area (Å²) in [4.78, 5) is 12.2. The third kappa shape index (κ3) is 4.16. The van der Waals surface area contributed by atoms with Crippen LogP contribution in [0.4, 0.5) is 0 Å². The van der Waals surface area contributed by atoms with Crippen molar-refractivity contribution < 1.29 is 14.3 Å². The third-order valence-corrected chi connectivity index (χ3v) is 4.05. The van der Waals surface area contributed by atoms with Gasteiger partial charge in [-0.25, -0.2) is 0 Å². The number of amides is 1. The van der Waals surface area contributed by atoms with Gasteiger partial charge in [0.25, 0.3) is 0 Å². The van der Waals surface area contributed by atoms with E-state index in [0.717, 1.165) is 38.7 Å². The smallest absolute Gasteiger partial charge is 0.240 e. The molecule has 0 aromatic rings. The van der Waals surface area contributed by atoms with Crippen molar-refractivity contribution in [3.05, 3.63) is 0 Å². The summed E-state index contributed by atoms with van der Waals surface area (Å²) in [5, 5.41) is 2.98. The second-order valence-corrected chi connectivity index (χ2v) is 5.91. The van der Waals surface area contributed by atoms with Crippen molar-refractivity contribution in [3.63, 3.8) is 0 Å². The van der Waals surface area contributed by atoms with Crippen molar-refractivity contribution >= 4 is 5.91 Å². The molecule has 1 amide bonds. The van der Waals surface area contributed by atoms with Gasteiger partial charge in [0.15, 0.2) is 0 Å². The van der Waals surface area contributed by atoms with Crippen LogP contribution >= 0.6 is 0 Å². The summed E-state index contributed by atoms with van der Waals surface area (Å²) < 4.78 is 11.0. The molecule has 1 saturated heterocycles. The summed E-state index contributed by atoms with van der Waals surface area (Å²) in [5.41, 5.74) is 5.53. The molecule has 110 valence electrons. The van der Waals surface area contributed by atoms with Gasteiger partial charge in [-0.3, -0.25) is 4.79 Å². The average molecular weight is 270 g/mol. The molecule has 5 nitrogen and oxygen atoms in total. The van der Waals surface area contributed by atoms with E-state index in [1.54, 1.807) is 0 Å². The fourth-order valence-electron chi connectivity index (χ4n) is 2.74. The van der Waals surface area contributed by atoms with Crippen molar-refractivity contribution in [2.75, 3.05) is 19.8 Å². The van der Waals surface area contributed by atoms with Crippen LogP contribution in [0.25, 0.3) is 0 Å². The van der Waals surface area contributed by atoms with Gasteiger partial charge >= 0.3 is 0 Å². The van der Waals surface area contributed by atoms with Gasteiger partial charge in [-0.15, -0.1) is 0 Å². The number of hydrogen-bond acceptors (Lipinski definition) is 4. The van der Waals surface area contributed by atoms with E-state index in [1.165, 1.54) is 6.42 Å². The molecule has 0 bridgehead atoms. The maximum absolute atomic E-state index is 12.2. The van der Waals surface area contributed by atoms with Crippen LogP contribution in [0, 0.1) is 0 Å². The van der Waals surface area contributed by atoms with E-state index >= 15 is 0 Å². The maximum Gasteiger partial charge on any atom is 0.240 e. The minimum absolute atomic E-state index is 0.00421. The highest BCUT2D eigenvalue weighted by Gasteiger charge is 2.35. The van der Waals surface area contributed by atoms with Gasteiger partial charge in [-0.05, 0) is 26.2 Å². The summed E-state index contributed by atoms with van der Waals surface area (Å²) in [7, 11) is 0. The van der Waals surface area contributed by atoms with Crippen LogP contribution in [-0.2, 0) is 14.3 Å². The Hall–Kier alpha value is -0.650. The summed E-state index contributed by atoms with van der Waals surface area (Å²) in [6, 6.07) is -0.00421. The first kappa shape index (κ1) is 14.8. The summed E-state index contributed by atoms with van der Waals surface area (Å²) >= 11 is 0. The Labute approximate surface area is 115 Å². The van der Waals surface area contributed by atoms with Gasteiger partial charge in [0.2, 0.25) is 5.91 Å². The molecule has 2 rings (SSSR count). The monoisotopic (exact) mass is 270 g/mol. The minimum atomic E-state index is -0.664. The summed E-state index contributed by atoms with van der Waals surface area (Å²) in [6.45, 7) is 3.93. The largest absolute Gasteiger partial charge is 0.379 e. The first-order valence-corrected chi connectivity index (χ1v) is 7.39. The Morgan fingerprint density at radius 3 is 2.84 bits per heavy atom. The van der Waals surface area contributed by atoms with Gasteiger partial charge in [-0.1, -0.05) is 19.3 Å². The third-order valence-electron chi connectivity index (χ3n) is 4.05. The normalized spacial score (nSPS) is 28.0. The zero-order chi connectivity index (χ0) is 13.7. The predicted octanol–water partition coefficient (Wildman–Crippen LogP) is 0.958. The molecule has 2 atom stereocenters. The zero-order valence-corrected chi connectivity index (χ0v) is 11.8. The molecule has 0 radical (unpaired) electrons. The first-order valence-electron chi connectivity index (χ1n) is 7.39. The number of nitrogens with two attached hydrogens (primary N) is 1. The lowest BCUT2D eigenvalue weighted by atomic mass is 9.82. The Kier molecular flexibility index (Phi) is 5.19.